The molecular weight excluding hydrogens is 264 g/mol. The number of rotatable bonds is 1. The topological polar surface area (TPSA) is 41.8 Å². The van der Waals surface area contributed by atoms with Gasteiger partial charge in [-0.3, -0.25) is 4.79 Å². The summed E-state index contributed by atoms with van der Waals surface area (Å²) in [7, 11) is 0. The fourth-order valence-corrected chi connectivity index (χ4v) is 4.65. The zero-order valence-electron chi connectivity index (χ0n) is 9.55. The van der Waals surface area contributed by atoms with E-state index in [0.717, 1.165) is 22.8 Å². The molecule has 1 aromatic rings. The zero-order chi connectivity index (χ0) is 12.1. The molecule has 1 amide bonds. The molecule has 1 unspecified atom stereocenters. The number of hydrogen-bond acceptors (Lipinski definition) is 4. The molecular formula is C13H10N2OS2. The van der Waals surface area contributed by atoms with Gasteiger partial charge in [0.1, 0.15) is 5.92 Å². The number of hydrogen-bond donors (Lipinski definition) is 0. The number of fused-ring (bicyclic) bond motifs is 2. The van der Waals surface area contributed by atoms with Crippen molar-refractivity contribution in [3.63, 3.8) is 0 Å². The van der Waals surface area contributed by atoms with Gasteiger partial charge in [-0.2, -0.15) is 4.99 Å². The Bertz CT molecular complexity index is 625. The van der Waals surface area contributed by atoms with Crippen molar-refractivity contribution < 1.29 is 4.79 Å². The van der Waals surface area contributed by atoms with E-state index in [1.807, 2.05) is 17.5 Å². The maximum absolute atomic E-state index is 12.2. The summed E-state index contributed by atoms with van der Waals surface area (Å²) in [5.41, 5.74) is 1.29. The molecule has 0 spiro atoms. The van der Waals surface area contributed by atoms with Crippen molar-refractivity contribution in [2.45, 2.75) is 19.3 Å². The van der Waals surface area contributed by atoms with Crippen molar-refractivity contribution in [3.05, 3.63) is 32.9 Å². The summed E-state index contributed by atoms with van der Waals surface area (Å²) in [5, 5.41) is 2.93. The van der Waals surface area contributed by atoms with Gasteiger partial charge in [-0.15, -0.1) is 11.3 Å². The fraction of sp³-hybridized carbons (Fsp3) is 0.308. The minimum absolute atomic E-state index is 0.0252. The third kappa shape index (κ3) is 1.47. The van der Waals surface area contributed by atoms with Gasteiger partial charge in [-0.1, -0.05) is 17.8 Å². The van der Waals surface area contributed by atoms with E-state index in [2.05, 4.69) is 9.98 Å². The lowest BCUT2D eigenvalue weighted by Crippen LogP contribution is -2.25. The van der Waals surface area contributed by atoms with Crippen molar-refractivity contribution >= 4 is 39.9 Å². The molecule has 3 nitrogen and oxygen atoms in total. The Kier molecular flexibility index (Phi) is 2.32. The summed E-state index contributed by atoms with van der Waals surface area (Å²) in [6.07, 6.45) is 3.33. The van der Waals surface area contributed by atoms with Crippen LogP contribution in [0.3, 0.4) is 0 Å². The molecule has 0 radical (unpaired) electrons. The Morgan fingerprint density at radius 3 is 3.06 bits per heavy atom. The summed E-state index contributed by atoms with van der Waals surface area (Å²) < 4.78 is 0. The highest BCUT2D eigenvalue weighted by Crippen LogP contribution is 2.48. The van der Waals surface area contributed by atoms with Gasteiger partial charge in [0, 0.05) is 0 Å². The minimum Gasteiger partial charge on any atom is -0.271 e. The van der Waals surface area contributed by atoms with Gasteiger partial charge in [-0.05, 0) is 41.2 Å². The van der Waals surface area contributed by atoms with Crippen molar-refractivity contribution in [1.82, 2.24) is 0 Å². The van der Waals surface area contributed by atoms with E-state index in [0.29, 0.717) is 5.84 Å². The number of allylic oxidation sites excluding steroid dienone is 1. The van der Waals surface area contributed by atoms with Crippen LogP contribution in [0, 0.1) is 5.92 Å². The molecule has 90 valence electrons. The average molecular weight is 274 g/mol. The Morgan fingerprint density at radius 1 is 1.28 bits per heavy atom. The standard InChI is InChI=1S/C13H10N2OS2/c16-12-10-7-3-1-4-8(7)18-13(10)15-11(14-12)9-5-2-6-17-9/h2,5-6,10H,1,3-4H2. The minimum atomic E-state index is -0.142. The summed E-state index contributed by atoms with van der Waals surface area (Å²) in [6, 6.07) is 3.92. The van der Waals surface area contributed by atoms with Crippen molar-refractivity contribution in [2.24, 2.45) is 15.9 Å². The molecule has 0 saturated carbocycles. The van der Waals surface area contributed by atoms with Crippen LogP contribution in [0.15, 0.2) is 38.0 Å². The van der Waals surface area contributed by atoms with Crippen LogP contribution >= 0.6 is 23.1 Å². The summed E-state index contributed by atoms with van der Waals surface area (Å²) >= 11 is 3.28. The second kappa shape index (κ2) is 3.90. The van der Waals surface area contributed by atoms with Crippen LogP contribution in [0.1, 0.15) is 24.1 Å². The molecule has 3 aliphatic rings. The number of amidine groups is 1. The smallest absolute Gasteiger partial charge is 0.261 e. The van der Waals surface area contributed by atoms with Gasteiger partial charge in [0.2, 0.25) is 0 Å². The van der Waals surface area contributed by atoms with Crippen LogP contribution in [0.4, 0.5) is 0 Å². The molecule has 0 bridgehead atoms. The molecule has 0 aromatic carbocycles. The highest BCUT2D eigenvalue weighted by atomic mass is 32.2. The van der Waals surface area contributed by atoms with Gasteiger partial charge in [0.05, 0.1) is 9.92 Å². The number of thioether (sulfide) groups is 1. The van der Waals surface area contributed by atoms with E-state index in [1.54, 1.807) is 23.1 Å². The van der Waals surface area contributed by atoms with Gasteiger partial charge < -0.3 is 0 Å². The number of carbonyl (C=O) groups is 1. The Labute approximate surface area is 113 Å². The monoisotopic (exact) mass is 274 g/mol. The first-order chi connectivity index (χ1) is 8.83. The first-order valence-electron chi connectivity index (χ1n) is 5.98. The lowest BCUT2D eigenvalue weighted by Gasteiger charge is -2.15. The third-order valence-electron chi connectivity index (χ3n) is 3.45. The second-order valence-electron chi connectivity index (χ2n) is 4.54. The molecule has 0 saturated heterocycles. The number of amides is 1. The predicted molar refractivity (Wildman–Crippen MR) is 75.3 cm³/mol. The van der Waals surface area contributed by atoms with Crippen LogP contribution in [-0.2, 0) is 4.79 Å². The summed E-state index contributed by atoms with van der Waals surface area (Å²) in [5.74, 6) is 0.425. The lowest BCUT2D eigenvalue weighted by molar-refractivity contribution is -0.118. The van der Waals surface area contributed by atoms with Crippen molar-refractivity contribution in [3.8, 4) is 0 Å². The molecule has 18 heavy (non-hydrogen) atoms. The quantitative estimate of drug-likeness (QED) is 0.789. The van der Waals surface area contributed by atoms with Gasteiger partial charge in [-0.25, -0.2) is 4.99 Å². The van der Waals surface area contributed by atoms with E-state index >= 15 is 0 Å². The summed E-state index contributed by atoms with van der Waals surface area (Å²) in [4.78, 5) is 23.3. The highest BCUT2D eigenvalue weighted by Gasteiger charge is 2.41. The van der Waals surface area contributed by atoms with Crippen LogP contribution < -0.4 is 0 Å². The molecule has 0 fully saturated rings. The molecule has 1 aliphatic carbocycles. The second-order valence-corrected chi connectivity index (χ2v) is 6.60. The Morgan fingerprint density at radius 2 is 2.22 bits per heavy atom. The van der Waals surface area contributed by atoms with Gasteiger partial charge in [0.15, 0.2) is 5.84 Å². The van der Waals surface area contributed by atoms with E-state index < -0.39 is 0 Å². The fourth-order valence-electron chi connectivity index (χ4n) is 2.65. The summed E-state index contributed by atoms with van der Waals surface area (Å²) in [6.45, 7) is 0. The molecule has 1 atom stereocenters. The highest BCUT2D eigenvalue weighted by molar-refractivity contribution is 8.17. The number of carbonyl (C=O) groups excluding carboxylic acids is 1. The van der Waals surface area contributed by atoms with E-state index in [4.69, 9.17) is 0 Å². The van der Waals surface area contributed by atoms with E-state index in [-0.39, 0.29) is 11.8 Å². The van der Waals surface area contributed by atoms with E-state index in [9.17, 15) is 4.79 Å². The van der Waals surface area contributed by atoms with Crippen LogP contribution in [-0.4, -0.2) is 16.8 Å². The van der Waals surface area contributed by atoms with Crippen LogP contribution in [0.25, 0.3) is 0 Å². The number of nitrogens with zero attached hydrogens (tertiary/aromatic N) is 2. The van der Waals surface area contributed by atoms with Crippen molar-refractivity contribution in [2.75, 3.05) is 0 Å². The zero-order valence-corrected chi connectivity index (χ0v) is 11.2. The molecule has 2 aliphatic heterocycles. The first-order valence-corrected chi connectivity index (χ1v) is 7.67. The largest absolute Gasteiger partial charge is 0.271 e. The Hall–Kier alpha value is -1.20. The predicted octanol–water partition coefficient (Wildman–Crippen LogP) is 3.23. The van der Waals surface area contributed by atoms with Crippen LogP contribution in [0.5, 0.6) is 0 Å². The molecule has 5 heteroatoms. The van der Waals surface area contributed by atoms with Crippen molar-refractivity contribution in [1.29, 1.82) is 0 Å². The molecule has 3 heterocycles. The third-order valence-corrected chi connectivity index (χ3v) is 5.57. The lowest BCUT2D eigenvalue weighted by atomic mass is 9.98. The van der Waals surface area contributed by atoms with E-state index in [1.165, 1.54) is 16.9 Å². The normalized spacial score (nSPS) is 26.0. The Balaban J connectivity index is 1.75. The maximum atomic E-state index is 12.2. The molecule has 1 aromatic heterocycles. The number of aliphatic imine (C=N–C) groups is 2. The van der Waals surface area contributed by atoms with Gasteiger partial charge >= 0.3 is 0 Å². The average Bonchev–Trinajstić information content (AvgIpc) is 3.04. The van der Waals surface area contributed by atoms with Gasteiger partial charge in [0.25, 0.3) is 5.91 Å². The number of thiophene rings is 1. The first kappa shape index (κ1) is 10.7. The maximum Gasteiger partial charge on any atom is 0.261 e. The SMILES string of the molecule is O=C1N=C(c2cccs2)N=C2SC3=C(CCC3)C12. The molecule has 0 N–H and O–H groups in total. The molecule has 4 rings (SSSR count). The van der Waals surface area contributed by atoms with Crippen LogP contribution in [0.2, 0.25) is 0 Å².